The third-order valence-electron chi connectivity index (χ3n) is 6.29. The van der Waals surface area contributed by atoms with Gasteiger partial charge in [-0.3, -0.25) is 9.78 Å². The Bertz CT molecular complexity index is 1240. The molecule has 0 aliphatic carbocycles. The number of carbonyl (C=O) groups excluding carboxylic acids is 1. The lowest BCUT2D eigenvalue weighted by Crippen LogP contribution is -2.48. The summed E-state index contributed by atoms with van der Waals surface area (Å²) in [4.78, 5) is 22.0. The largest absolute Gasteiger partial charge is 0.378 e. The molecule has 35 heavy (non-hydrogen) atoms. The van der Waals surface area contributed by atoms with E-state index in [2.05, 4.69) is 69.8 Å². The fourth-order valence-electron chi connectivity index (χ4n) is 4.41. The number of piperazine rings is 1. The summed E-state index contributed by atoms with van der Waals surface area (Å²) in [5, 5.41) is 3.70. The van der Waals surface area contributed by atoms with Crippen LogP contribution >= 0.6 is 22.9 Å². The van der Waals surface area contributed by atoms with Gasteiger partial charge in [0.05, 0.1) is 15.3 Å². The Hall–Kier alpha value is -3.35. The zero-order valence-corrected chi connectivity index (χ0v) is 20.9. The van der Waals surface area contributed by atoms with Gasteiger partial charge >= 0.3 is 0 Å². The summed E-state index contributed by atoms with van der Waals surface area (Å²) in [5.74, 6) is 0.0703. The number of nitrogens with one attached hydrogen (secondary N) is 1. The minimum absolute atomic E-state index is 0.0703. The maximum absolute atomic E-state index is 12.7. The van der Waals surface area contributed by atoms with E-state index >= 15 is 0 Å². The number of halogens is 1. The smallest absolute Gasteiger partial charge is 0.264 e. The fraction of sp³-hybridized carbons (Fsp3) is 0.214. The first kappa shape index (κ1) is 23.4. The predicted octanol–water partition coefficient (Wildman–Crippen LogP) is 6.15. The van der Waals surface area contributed by atoms with E-state index in [1.165, 1.54) is 22.6 Å². The molecular formula is C28H27ClN4OS. The van der Waals surface area contributed by atoms with Crippen molar-refractivity contribution in [2.45, 2.75) is 12.5 Å². The van der Waals surface area contributed by atoms with E-state index in [1.807, 2.05) is 29.3 Å². The quantitative estimate of drug-likeness (QED) is 0.329. The van der Waals surface area contributed by atoms with Gasteiger partial charge in [-0.25, -0.2) is 0 Å². The fourth-order valence-corrected chi connectivity index (χ4v) is 5.42. The molecule has 1 aliphatic rings. The van der Waals surface area contributed by atoms with Crippen molar-refractivity contribution in [1.82, 2.24) is 9.88 Å². The Morgan fingerprint density at radius 1 is 0.943 bits per heavy atom. The Balaban J connectivity index is 1.22. The number of thiophene rings is 1. The maximum Gasteiger partial charge on any atom is 0.264 e. The zero-order valence-electron chi connectivity index (χ0n) is 19.3. The summed E-state index contributed by atoms with van der Waals surface area (Å²) in [7, 11) is 0. The molecule has 0 saturated carbocycles. The van der Waals surface area contributed by atoms with E-state index in [4.69, 9.17) is 11.6 Å². The molecule has 2 aromatic carbocycles. The number of hydrogen-bond donors (Lipinski definition) is 1. The number of rotatable bonds is 7. The second-order valence-corrected chi connectivity index (χ2v) is 10.3. The summed E-state index contributed by atoms with van der Waals surface area (Å²) in [5.41, 5.74) is 4.68. The number of hydrogen-bond acceptors (Lipinski definition) is 5. The first-order chi connectivity index (χ1) is 17.2. The third-order valence-corrected chi connectivity index (χ3v) is 7.51. The van der Waals surface area contributed by atoms with Crippen molar-refractivity contribution in [2.75, 3.05) is 36.4 Å². The Labute approximate surface area is 215 Å². The van der Waals surface area contributed by atoms with Crippen LogP contribution in [-0.4, -0.2) is 42.0 Å². The summed E-state index contributed by atoms with van der Waals surface area (Å²) < 4.78 is 0.648. The van der Waals surface area contributed by atoms with E-state index in [-0.39, 0.29) is 11.9 Å². The molecule has 5 nitrogen and oxygen atoms in total. The molecule has 1 aliphatic heterocycles. The topological polar surface area (TPSA) is 48.5 Å². The van der Waals surface area contributed by atoms with Crippen LogP contribution in [0.3, 0.4) is 0 Å². The van der Waals surface area contributed by atoms with E-state index in [1.54, 1.807) is 12.3 Å². The average molecular weight is 503 g/mol. The highest BCUT2D eigenvalue weighted by molar-refractivity contribution is 7.17. The van der Waals surface area contributed by atoms with E-state index in [0.29, 0.717) is 22.3 Å². The number of pyridine rings is 1. The van der Waals surface area contributed by atoms with E-state index in [0.717, 1.165) is 30.8 Å². The number of benzene rings is 2. The van der Waals surface area contributed by atoms with Crippen LogP contribution in [-0.2, 0) is 6.42 Å². The average Bonchev–Trinajstić information content (AvgIpc) is 3.36. The van der Waals surface area contributed by atoms with Gasteiger partial charge < -0.3 is 15.1 Å². The molecule has 7 heteroatoms. The van der Waals surface area contributed by atoms with Gasteiger partial charge in [0.25, 0.3) is 5.91 Å². The SMILES string of the molecule is O=C(c1ccc(Cl)s1)N1CCN(c2ccc(NC(Cc3ccccc3)c3cccnc3)cc2)CC1. The Morgan fingerprint density at radius 3 is 2.37 bits per heavy atom. The van der Waals surface area contributed by atoms with Crippen LogP contribution in [0.25, 0.3) is 0 Å². The summed E-state index contributed by atoms with van der Waals surface area (Å²) in [6, 6.07) is 26.9. The van der Waals surface area contributed by atoms with Gasteiger partial charge in [-0.2, -0.15) is 0 Å². The third kappa shape index (κ3) is 5.84. The molecule has 178 valence electrons. The molecule has 1 amide bonds. The monoisotopic (exact) mass is 502 g/mol. The van der Waals surface area contributed by atoms with E-state index in [9.17, 15) is 4.79 Å². The predicted molar refractivity (Wildman–Crippen MR) is 145 cm³/mol. The van der Waals surface area contributed by atoms with Crippen molar-refractivity contribution in [3.8, 4) is 0 Å². The molecule has 1 N–H and O–H groups in total. The van der Waals surface area contributed by atoms with Crippen LogP contribution in [0.1, 0.15) is 26.8 Å². The molecule has 0 radical (unpaired) electrons. The highest BCUT2D eigenvalue weighted by atomic mass is 35.5. The highest BCUT2D eigenvalue weighted by Crippen LogP contribution is 2.27. The summed E-state index contributed by atoms with van der Waals surface area (Å²) in [6.07, 6.45) is 4.61. The Kier molecular flexibility index (Phi) is 7.31. The number of anilines is 2. The molecule has 1 atom stereocenters. The molecule has 1 saturated heterocycles. The number of aromatic nitrogens is 1. The number of amides is 1. The lowest BCUT2D eigenvalue weighted by Gasteiger charge is -2.36. The van der Waals surface area contributed by atoms with Crippen molar-refractivity contribution in [3.63, 3.8) is 0 Å². The first-order valence-corrected chi connectivity index (χ1v) is 13.0. The van der Waals surface area contributed by atoms with Gasteiger partial charge in [-0.05, 0) is 60.0 Å². The van der Waals surface area contributed by atoms with Gasteiger partial charge in [0.1, 0.15) is 0 Å². The van der Waals surface area contributed by atoms with Gasteiger partial charge in [-0.1, -0.05) is 48.0 Å². The summed E-state index contributed by atoms with van der Waals surface area (Å²) >= 11 is 7.34. The number of carbonyl (C=O) groups is 1. The molecule has 4 aromatic rings. The van der Waals surface area contributed by atoms with Crippen LogP contribution in [0.5, 0.6) is 0 Å². The van der Waals surface area contributed by atoms with Crippen LogP contribution in [0.4, 0.5) is 11.4 Å². The second-order valence-electron chi connectivity index (χ2n) is 8.60. The molecular weight excluding hydrogens is 476 g/mol. The lowest BCUT2D eigenvalue weighted by molar-refractivity contribution is 0.0751. The van der Waals surface area contributed by atoms with Crippen molar-refractivity contribution >= 4 is 40.2 Å². The van der Waals surface area contributed by atoms with Crippen LogP contribution in [0, 0.1) is 0 Å². The van der Waals surface area contributed by atoms with Crippen LogP contribution in [0.2, 0.25) is 4.34 Å². The van der Waals surface area contributed by atoms with Crippen LogP contribution < -0.4 is 10.2 Å². The Morgan fingerprint density at radius 2 is 1.71 bits per heavy atom. The van der Waals surface area contributed by atoms with Crippen LogP contribution in [0.15, 0.2) is 91.3 Å². The summed E-state index contributed by atoms with van der Waals surface area (Å²) in [6.45, 7) is 3.02. The molecule has 2 aromatic heterocycles. The molecule has 3 heterocycles. The van der Waals surface area contributed by atoms with Crippen molar-refractivity contribution in [3.05, 3.63) is 112 Å². The zero-order chi connectivity index (χ0) is 24.0. The van der Waals surface area contributed by atoms with Gasteiger partial charge in [0, 0.05) is 49.9 Å². The van der Waals surface area contributed by atoms with Gasteiger partial charge in [0.15, 0.2) is 0 Å². The molecule has 1 unspecified atom stereocenters. The molecule has 0 bridgehead atoms. The van der Waals surface area contributed by atoms with Gasteiger partial charge in [-0.15, -0.1) is 11.3 Å². The van der Waals surface area contributed by atoms with E-state index < -0.39 is 0 Å². The molecule has 5 rings (SSSR count). The first-order valence-electron chi connectivity index (χ1n) is 11.8. The minimum Gasteiger partial charge on any atom is -0.378 e. The normalized spacial score (nSPS) is 14.5. The highest BCUT2D eigenvalue weighted by Gasteiger charge is 2.23. The minimum atomic E-state index is 0.0703. The van der Waals surface area contributed by atoms with Crippen molar-refractivity contribution < 1.29 is 4.79 Å². The standard InChI is InChI=1S/C28H27ClN4OS/c29-27-13-12-26(35-27)28(34)33-17-15-32(16-18-33)24-10-8-23(9-11-24)31-25(22-7-4-14-30-20-22)19-21-5-2-1-3-6-21/h1-14,20,25,31H,15-19H2. The maximum atomic E-state index is 12.7. The second kappa shape index (κ2) is 10.9. The number of nitrogens with zero attached hydrogens (tertiary/aromatic N) is 3. The molecule has 0 spiro atoms. The molecule has 1 fully saturated rings. The van der Waals surface area contributed by atoms with Crippen molar-refractivity contribution in [1.29, 1.82) is 0 Å². The van der Waals surface area contributed by atoms with Gasteiger partial charge in [0.2, 0.25) is 0 Å². The lowest BCUT2D eigenvalue weighted by atomic mass is 10.00. The van der Waals surface area contributed by atoms with Crippen molar-refractivity contribution in [2.24, 2.45) is 0 Å².